The molecule has 0 unspecified atom stereocenters. The maximum Gasteiger partial charge on any atom is 0.227 e. The Morgan fingerprint density at radius 3 is 2.57 bits per heavy atom. The normalized spacial score (nSPS) is 21.0. The molecule has 0 saturated carbocycles. The van der Waals surface area contributed by atoms with Crippen molar-refractivity contribution in [1.82, 2.24) is 14.9 Å². The second-order valence-electron chi connectivity index (χ2n) is 7.96. The third kappa shape index (κ3) is 3.73. The average Bonchev–Trinajstić information content (AvgIpc) is 3.27. The van der Waals surface area contributed by atoms with Crippen molar-refractivity contribution in [2.75, 3.05) is 55.7 Å². The molecule has 7 nitrogen and oxygen atoms in total. The van der Waals surface area contributed by atoms with Crippen LogP contribution in [0.1, 0.15) is 36.3 Å². The molecule has 3 aliphatic rings. The van der Waals surface area contributed by atoms with E-state index < -0.39 is 0 Å². The Morgan fingerprint density at radius 2 is 1.79 bits per heavy atom. The van der Waals surface area contributed by atoms with Crippen LogP contribution in [-0.4, -0.2) is 60.8 Å². The van der Waals surface area contributed by atoms with Crippen LogP contribution < -0.4 is 9.80 Å². The molecule has 2 aromatic rings. The first-order chi connectivity index (χ1) is 13.9. The van der Waals surface area contributed by atoms with Gasteiger partial charge in [0, 0.05) is 51.3 Å². The Bertz CT molecular complexity index is 782. The molecule has 0 spiro atoms. The minimum absolute atomic E-state index is 0.760. The van der Waals surface area contributed by atoms with Gasteiger partial charge in [-0.25, -0.2) is 4.98 Å². The number of nitrogens with zero attached hydrogens (tertiary/aromatic N) is 5. The molecule has 28 heavy (non-hydrogen) atoms. The second kappa shape index (κ2) is 8.09. The van der Waals surface area contributed by atoms with Crippen molar-refractivity contribution in [3.63, 3.8) is 0 Å². The lowest BCUT2D eigenvalue weighted by atomic mass is 10.0. The van der Waals surface area contributed by atoms with Gasteiger partial charge in [0.2, 0.25) is 5.95 Å². The van der Waals surface area contributed by atoms with Crippen LogP contribution in [0.5, 0.6) is 0 Å². The van der Waals surface area contributed by atoms with Crippen molar-refractivity contribution in [2.45, 2.75) is 38.8 Å². The molecular weight excluding hydrogens is 354 g/mol. The van der Waals surface area contributed by atoms with E-state index in [1.165, 1.54) is 30.5 Å². The van der Waals surface area contributed by atoms with Gasteiger partial charge >= 0.3 is 0 Å². The highest BCUT2D eigenvalue weighted by molar-refractivity contribution is 5.54. The maximum atomic E-state index is 5.57. The molecule has 0 N–H and O–H groups in total. The minimum Gasteiger partial charge on any atom is -0.468 e. The molecule has 2 aromatic heterocycles. The third-order valence-electron chi connectivity index (χ3n) is 6.01. The summed E-state index contributed by atoms with van der Waals surface area (Å²) in [6.07, 6.45) is 6.55. The molecule has 0 aliphatic carbocycles. The molecule has 5 heterocycles. The van der Waals surface area contributed by atoms with Crippen LogP contribution in [0.3, 0.4) is 0 Å². The van der Waals surface area contributed by atoms with E-state index in [1.807, 2.05) is 6.07 Å². The lowest BCUT2D eigenvalue weighted by Crippen LogP contribution is -2.40. The molecule has 150 valence electrons. The van der Waals surface area contributed by atoms with E-state index in [0.717, 1.165) is 83.0 Å². The first-order valence-corrected chi connectivity index (χ1v) is 10.6. The van der Waals surface area contributed by atoms with E-state index in [9.17, 15) is 0 Å². The fourth-order valence-electron chi connectivity index (χ4n) is 4.47. The number of morpholine rings is 1. The van der Waals surface area contributed by atoms with Crippen LogP contribution in [0.4, 0.5) is 11.8 Å². The Morgan fingerprint density at radius 1 is 0.929 bits per heavy atom. The first-order valence-electron chi connectivity index (χ1n) is 10.6. The Labute approximate surface area is 166 Å². The van der Waals surface area contributed by atoms with Gasteiger partial charge in [0.05, 0.1) is 31.7 Å². The smallest absolute Gasteiger partial charge is 0.227 e. The zero-order chi connectivity index (χ0) is 18.8. The highest BCUT2D eigenvalue weighted by Crippen LogP contribution is 2.31. The number of hydrogen-bond acceptors (Lipinski definition) is 7. The minimum atomic E-state index is 0.760. The predicted molar refractivity (Wildman–Crippen MR) is 108 cm³/mol. The van der Waals surface area contributed by atoms with Crippen molar-refractivity contribution >= 4 is 11.8 Å². The number of aromatic nitrogens is 2. The molecule has 0 amide bonds. The monoisotopic (exact) mass is 383 g/mol. The average molecular weight is 383 g/mol. The van der Waals surface area contributed by atoms with Gasteiger partial charge in [-0.1, -0.05) is 0 Å². The Balaban J connectivity index is 1.45. The number of anilines is 2. The zero-order valence-corrected chi connectivity index (χ0v) is 16.5. The van der Waals surface area contributed by atoms with Crippen LogP contribution in [0.2, 0.25) is 0 Å². The number of fused-ring (bicyclic) bond motifs is 1. The van der Waals surface area contributed by atoms with Crippen LogP contribution in [0.25, 0.3) is 0 Å². The van der Waals surface area contributed by atoms with Gasteiger partial charge in [0.15, 0.2) is 0 Å². The molecule has 7 heteroatoms. The topological polar surface area (TPSA) is 57.9 Å². The lowest BCUT2D eigenvalue weighted by Gasteiger charge is -2.36. The molecule has 5 rings (SSSR count). The highest BCUT2D eigenvalue weighted by Gasteiger charge is 2.28. The summed E-state index contributed by atoms with van der Waals surface area (Å²) in [5.74, 6) is 3.08. The van der Waals surface area contributed by atoms with Gasteiger partial charge in [-0.15, -0.1) is 0 Å². The van der Waals surface area contributed by atoms with E-state index in [0.29, 0.717) is 0 Å². The summed E-state index contributed by atoms with van der Waals surface area (Å²) < 4.78 is 11.1. The van der Waals surface area contributed by atoms with E-state index >= 15 is 0 Å². The molecule has 2 fully saturated rings. The molecule has 0 bridgehead atoms. The van der Waals surface area contributed by atoms with Crippen molar-refractivity contribution < 1.29 is 9.15 Å². The van der Waals surface area contributed by atoms with Crippen molar-refractivity contribution in [1.29, 1.82) is 0 Å². The predicted octanol–water partition coefficient (Wildman–Crippen LogP) is 2.45. The van der Waals surface area contributed by atoms with Gasteiger partial charge < -0.3 is 19.0 Å². The third-order valence-corrected chi connectivity index (χ3v) is 6.01. The second-order valence-corrected chi connectivity index (χ2v) is 7.96. The van der Waals surface area contributed by atoms with Gasteiger partial charge in [-0.2, -0.15) is 4.98 Å². The summed E-state index contributed by atoms with van der Waals surface area (Å²) in [6.45, 7) is 8.22. The van der Waals surface area contributed by atoms with E-state index in [2.05, 4.69) is 20.8 Å². The number of ether oxygens (including phenoxy) is 1. The molecule has 0 atom stereocenters. The van der Waals surface area contributed by atoms with Crippen LogP contribution in [-0.2, 0) is 24.2 Å². The van der Waals surface area contributed by atoms with Crippen LogP contribution in [0.15, 0.2) is 22.8 Å². The number of rotatable bonds is 4. The van der Waals surface area contributed by atoms with E-state index in [-0.39, 0.29) is 0 Å². The maximum absolute atomic E-state index is 5.57. The largest absolute Gasteiger partial charge is 0.468 e. The Kier molecular flexibility index (Phi) is 5.18. The molecule has 0 radical (unpaired) electrons. The Hall–Kier alpha value is -2.12. The SMILES string of the molecule is c1coc(CN2CCc3nc(N4CCOCC4)nc(N4CCCCC4)c3C2)c1. The number of piperidine rings is 1. The van der Waals surface area contributed by atoms with Crippen LogP contribution >= 0.6 is 0 Å². The van der Waals surface area contributed by atoms with Gasteiger partial charge in [-0.05, 0) is 31.4 Å². The van der Waals surface area contributed by atoms with Gasteiger partial charge in [0.1, 0.15) is 11.6 Å². The highest BCUT2D eigenvalue weighted by atomic mass is 16.5. The molecule has 2 saturated heterocycles. The van der Waals surface area contributed by atoms with Crippen molar-refractivity contribution in [2.24, 2.45) is 0 Å². The summed E-state index contributed by atoms with van der Waals surface area (Å²) in [5, 5.41) is 0. The van der Waals surface area contributed by atoms with Crippen molar-refractivity contribution in [3.8, 4) is 0 Å². The fourth-order valence-corrected chi connectivity index (χ4v) is 4.47. The molecule has 3 aliphatic heterocycles. The zero-order valence-electron chi connectivity index (χ0n) is 16.5. The van der Waals surface area contributed by atoms with Crippen LogP contribution in [0, 0.1) is 0 Å². The quantitative estimate of drug-likeness (QED) is 0.804. The first kappa shape index (κ1) is 17.9. The van der Waals surface area contributed by atoms with E-state index in [1.54, 1.807) is 6.26 Å². The van der Waals surface area contributed by atoms with Crippen molar-refractivity contribution in [3.05, 3.63) is 35.4 Å². The summed E-state index contributed by atoms with van der Waals surface area (Å²) in [4.78, 5) is 17.3. The fraction of sp³-hybridized carbons (Fsp3) is 0.619. The summed E-state index contributed by atoms with van der Waals surface area (Å²) in [5.41, 5.74) is 2.55. The lowest BCUT2D eigenvalue weighted by molar-refractivity contribution is 0.122. The standard InChI is InChI=1S/C21H29N5O2/c1-2-7-25(8-3-1)20-18-16-24(15-17-5-4-12-28-17)9-6-19(18)22-21(23-20)26-10-13-27-14-11-26/h4-5,12H,1-3,6-11,13-16H2. The molecule has 0 aromatic carbocycles. The van der Waals surface area contributed by atoms with Gasteiger partial charge in [0.25, 0.3) is 0 Å². The van der Waals surface area contributed by atoms with Gasteiger partial charge in [-0.3, -0.25) is 4.90 Å². The summed E-state index contributed by atoms with van der Waals surface area (Å²) >= 11 is 0. The van der Waals surface area contributed by atoms with E-state index in [4.69, 9.17) is 19.1 Å². The summed E-state index contributed by atoms with van der Waals surface area (Å²) in [7, 11) is 0. The number of hydrogen-bond donors (Lipinski definition) is 0. The number of furan rings is 1. The summed E-state index contributed by atoms with van der Waals surface area (Å²) in [6, 6.07) is 4.02. The molecular formula is C21H29N5O2.